The third kappa shape index (κ3) is 2.67. The molecule has 2 fully saturated rings. The molecule has 0 radical (unpaired) electrons. The minimum atomic E-state index is 0.0297. The van der Waals surface area contributed by atoms with Crippen LogP contribution in [0.25, 0.3) is 10.9 Å². The molecular weight excluding hydrogens is 290 g/mol. The quantitative estimate of drug-likeness (QED) is 0.852. The maximum atomic E-state index is 12.8. The molecule has 1 aliphatic carbocycles. The molecule has 118 valence electrons. The molecule has 1 aromatic carbocycles. The van der Waals surface area contributed by atoms with Crippen LogP contribution in [-0.4, -0.2) is 52.8 Å². The molecule has 0 bridgehead atoms. The first-order chi connectivity index (χ1) is 11.2. The van der Waals surface area contributed by atoms with Gasteiger partial charge in [-0.1, -0.05) is 12.1 Å². The van der Waals surface area contributed by atoms with Crippen LogP contribution in [0.1, 0.15) is 23.2 Å². The molecule has 0 atom stereocenters. The van der Waals surface area contributed by atoms with Crippen LogP contribution in [0.5, 0.6) is 0 Å². The van der Waals surface area contributed by atoms with E-state index in [2.05, 4.69) is 4.98 Å². The first kappa shape index (κ1) is 14.2. The summed E-state index contributed by atoms with van der Waals surface area (Å²) in [5.41, 5.74) is 1.53. The lowest BCUT2D eigenvalue weighted by atomic mass is 10.1. The highest BCUT2D eigenvalue weighted by Crippen LogP contribution is 2.31. The van der Waals surface area contributed by atoms with Gasteiger partial charge in [-0.3, -0.25) is 14.6 Å². The third-order valence-electron chi connectivity index (χ3n) is 4.68. The first-order valence-corrected chi connectivity index (χ1v) is 8.16. The largest absolute Gasteiger partial charge is 0.339 e. The van der Waals surface area contributed by atoms with Gasteiger partial charge in [0, 0.05) is 49.2 Å². The van der Waals surface area contributed by atoms with Crippen LogP contribution in [0, 0.1) is 5.92 Å². The highest BCUT2D eigenvalue weighted by atomic mass is 16.2. The number of benzene rings is 1. The lowest BCUT2D eigenvalue weighted by Gasteiger charge is -2.35. The molecule has 0 N–H and O–H groups in total. The third-order valence-corrected chi connectivity index (χ3v) is 4.68. The van der Waals surface area contributed by atoms with Gasteiger partial charge in [-0.05, 0) is 31.0 Å². The molecule has 2 amide bonds. The van der Waals surface area contributed by atoms with E-state index in [-0.39, 0.29) is 17.7 Å². The van der Waals surface area contributed by atoms with Crippen molar-refractivity contribution in [1.29, 1.82) is 0 Å². The monoisotopic (exact) mass is 309 g/mol. The van der Waals surface area contributed by atoms with E-state index >= 15 is 0 Å². The Hall–Kier alpha value is -2.43. The molecule has 2 heterocycles. The molecule has 5 heteroatoms. The van der Waals surface area contributed by atoms with Crippen molar-refractivity contribution in [3.8, 4) is 0 Å². The molecule has 2 aliphatic rings. The number of amides is 2. The Kier molecular flexibility index (Phi) is 3.48. The summed E-state index contributed by atoms with van der Waals surface area (Å²) in [6, 6.07) is 9.43. The Morgan fingerprint density at radius 1 is 0.957 bits per heavy atom. The van der Waals surface area contributed by atoms with Gasteiger partial charge in [0.25, 0.3) is 5.91 Å². The first-order valence-electron chi connectivity index (χ1n) is 8.16. The molecular formula is C18H19N3O2. The number of nitrogens with zero attached hydrogens (tertiary/aromatic N) is 3. The Morgan fingerprint density at radius 3 is 2.43 bits per heavy atom. The maximum Gasteiger partial charge on any atom is 0.254 e. The van der Waals surface area contributed by atoms with Crippen molar-refractivity contribution in [2.45, 2.75) is 12.8 Å². The van der Waals surface area contributed by atoms with E-state index < -0.39 is 0 Å². The minimum Gasteiger partial charge on any atom is -0.339 e. The lowest BCUT2D eigenvalue weighted by Crippen LogP contribution is -2.51. The fourth-order valence-electron chi connectivity index (χ4n) is 3.18. The fourth-order valence-corrected chi connectivity index (χ4v) is 3.18. The number of hydrogen-bond donors (Lipinski definition) is 0. The second kappa shape index (κ2) is 5.65. The minimum absolute atomic E-state index is 0.0297. The number of carbonyl (C=O) groups excluding carboxylic acids is 2. The maximum absolute atomic E-state index is 12.8. The van der Waals surface area contributed by atoms with Gasteiger partial charge in [0.2, 0.25) is 5.91 Å². The van der Waals surface area contributed by atoms with Crippen LogP contribution < -0.4 is 0 Å². The smallest absolute Gasteiger partial charge is 0.254 e. The van der Waals surface area contributed by atoms with Crippen LogP contribution in [0.3, 0.4) is 0 Å². The van der Waals surface area contributed by atoms with Crippen molar-refractivity contribution in [1.82, 2.24) is 14.8 Å². The number of fused-ring (bicyclic) bond motifs is 1. The summed E-state index contributed by atoms with van der Waals surface area (Å²) < 4.78 is 0. The molecule has 5 nitrogen and oxygen atoms in total. The standard InChI is InChI=1S/C18H19N3O2/c22-17(13-6-7-13)20-9-11-21(12-10-20)18(23)15-3-1-5-16-14(15)4-2-8-19-16/h1-5,8,13H,6-7,9-12H2. The van der Waals surface area contributed by atoms with Crippen LogP contribution in [0.4, 0.5) is 0 Å². The molecule has 2 aromatic rings. The Morgan fingerprint density at radius 2 is 1.70 bits per heavy atom. The number of rotatable bonds is 2. The molecule has 1 saturated heterocycles. The summed E-state index contributed by atoms with van der Waals surface area (Å²) in [5, 5.41) is 0.886. The Balaban J connectivity index is 1.50. The Labute approximate surface area is 134 Å². The van der Waals surface area contributed by atoms with Gasteiger partial charge in [-0.2, -0.15) is 0 Å². The van der Waals surface area contributed by atoms with Crippen molar-refractivity contribution in [3.05, 3.63) is 42.1 Å². The topological polar surface area (TPSA) is 53.5 Å². The zero-order valence-electron chi connectivity index (χ0n) is 12.9. The van der Waals surface area contributed by atoms with Crippen molar-refractivity contribution >= 4 is 22.7 Å². The average molecular weight is 309 g/mol. The number of aromatic nitrogens is 1. The molecule has 23 heavy (non-hydrogen) atoms. The fraction of sp³-hybridized carbons (Fsp3) is 0.389. The average Bonchev–Trinajstić information content (AvgIpc) is 3.45. The molecule has 0 spiro atoms. The number of hydrogen-bond acceptors (Lipinski definition) is 3. The van der Waals surface area contributed by atoms with Gasteiger partial charge in [0.15, 0.2) is 0 Å². The van der Waals surface area contributed by atoms with E-state index in [1.54, 1.807) is 6.20 Å². The summed E-state index contributed by atoms with van der Waals surface area (Å²) in [5.74, 6) is 0.551. The van der Waals surface area contributed by atoms with Crippen LogP contribution in [0.15, 0.2) is 36.5 Å². The zero-order valence-corrected chi connectivity index (χ0v) is 12.9. The van der Waals surface area contributed by atoms with Crippen LogP contribution >= 0.6 is 0 Å². The number of carbonyl (C=O) groups is 2. The summed E-state index contributed by atoms with van der Waals surface area (Å²) in [7, 11) is 0. The van der Waals surface area contributed by atoms with E-state index in [1.165, 1.54) is 0 Å². The summed E-state index contributed by atoms with van der Waals surface area (Å²) in [6.45, 7) is 2.50. The SMILES string of the molecule is O=C(c1cccc2ncccc12)N1CCN(C(=O)C2CC2)CC1. The van der Waals surface area contributed by atoms with Crippen molar-refractivity contribution < 1.29 is 9.59 Å². The number of pyridine rings is 1. The van der Waals surface area contributed by atoms with Gasteiger partial charge in [0.1, 0.15) is 0 Å². The second-order valence-electron chi connectivity index (χ2n) is 6.27. The second-order valence-corrected chi connectivity index (χ2v) is 6.27. The molecule has 4 rings (SSSR count). The predicted molar refractivity (Wildman–Crippen MR) is 87.0 cm³/mol. The molecule has 1 aliphatic heterocycles. The van der Waals surface area contributed by atoms with E-state index in [0.29, 0.717) is 31.7 Å². The van der Waals surface area contributed by atoms with Gasteiger partial charge in [-0.15, -0.1) is 0 Å². The highest BCUT2D eigenvalue weighted by Gasteiger charge is 2.35. The molecule has 0 unspecified atom stereocenters. The van der Waals surface area contributed by atoms with E-state index in [9.17, 15) is 9.59 Å². The molecule has 1 saturated carbocycles. The number of piperazine rings is 1. The zero-order chi connectivity index (χ0) is 15.8. The van der Waals surface area contributed by atoms with Crippen LogP contribution in [-0.2, 0) is 4.79 Å². The normalized spacial score (nSPS) is 18.3. The van der Waals surface area contributed by atoms with Crippen LogP contribution in [0.2, 0.25) is 0 Å². The van der Waals surface area contributed by atoms with Gasteiger partial charge in [-0.25, -0.2) is 0 Å². The summed E-state index contributed by atoms with van der Waals surface area (Å²) >= 11 is 0. The van der Waals surface area contributed by atoms with Gasteiger partial charge in [0.05, 0.1) is 5.52 Å². The van der Waals surface area contributed by atoms with E-state index in [4.69, 9.17) is 0 Å². The van der Waals surface area contributed by atoms with Crippen molar-refractivity contribution in [2.24, 2.45) is 5.92 Å². The van der Waals surface area contributed by atoms with E-state index in [1.807, 2.05) is 40.1 Å². The van der Waals surface area contributed by atoms with Crippen molar-refractivity contribution in [2.75, 3.05) is 26.2 Å². The summed E-state index contributed by atoms with van der Waals surface area (Å²) in [4.78, 5) is 33.0. The molecule has 1 aromatic heterocycles. The van der Waals surface area contributed by atoms with Crippen molar-refractivity contribution in [3.63, 3.8) is 0 Å². The predicted octanol–water partition coefficient (Wildman–Crippen LogP) is 1.93. The van der Waals surface area contributed by atoms with Gasteiger partial charge < -0.3 is 9.80 Å². The highest BCUT2D eigenvalue weighted by molar-refractivity contribution is 6.06. The lowest BCUT2D eigenvalue weighted by molar-refractivity contribution is -0.134. The van der Waals surface area contributed by atoms with E-state index in [0.717, 1.165) is 23.7 Å². The van der Waals surface area contributed by atoms with Gasteiger partial charge >= 0.3 is 0 Å². The summed E-state index contributed by atoms with van der Waals surface area (Å²) in [6.07, 6.45) is 3.79. The Bertz CT molecular complexity index is 756.